The minimum atomic E-state index is -0.404. The fraction of sp³-hybridized carbons (Fsp3) is 0.900. The number of hydrogen-bond donors (Lipinski definition) is 3. The fourth-order valence-electron chi connectivity index (χ4n) is 0.360. The summed E-state index contributed by atoms with van der Waals surface area (Å²) in [6.07, 6.45) is -0.688. The Labute approximate surface area is 102 Å². The number of thioether (sulfide) groups is 1. The lowest BCUT2D eigenvalue weighted by molar-refractivity contribution is -0.109. The van der Waals surface area contributed by atoms with Crippen LogP contribution in [0.25, 0.3) is 0 Å². The number of aliphatic hydroxyl groups excluding tert-OH is 2. The van der Waals surface area contributed by atoms with Crippen molar-refractivity contribution in [1.82, 2.24) is 0 Å². The van der Waals surface area contributed by atoms with E-state index in [2.05, 4.69) is 12.6 Å². The molecule has 2 N–H and O–H groups in total. The van der Waals surface area contributed by atoms with Gasteiger partial charge in [0.2, 0.25) is 0 Å². The molecule has 0 aromatic rings. The second-order valence-electron chi connectivity index (χ2n) is 3.54. The van der Waals surface area contributed by atoms with Gasteiger partial charge in [0.1, 0.15) is 0 Å². The Bertz CT molecular complexity index is 164. The molecule has 0 aliphatic rings. The Morgan fingerprint density at radius 3 is 1.53 bits per heavy atom. The van der Waals surface area contributed by atoms with Crippen molar-refractivity contribution in [3.05, 3.63) is 0 Å². The number of thiol groups is 1. The molecule has 0 rings (SSSR count). The van der Waals surface area contributed by atoms with Crippen LogP contribution >= 0.6 is 24.4 Å². The third kappa shape index (κ3) is 14.3. The molecule has 0 aliphatic carbocycles. The first-order valence-corrected chi connectivity index (χ1v) is 6.29. The van der Waals surface area contributed by atoms with E-state index in [4.69, 9.17) is 10.2 Å². The average Bonchev–Trinajstić information content (AvgIpc) is 2.03. The zero-order valence-electron chi connectivity index (χ0n) is 9.97. The minimum Gasteiger partial charge on any atom is -0.392 e. The van der Waals surface area contributed by atoms with Crippen LogP contribution in [0, 0.1) is 0 Å². The maximum Gasteiger partial charge on any atom is 0.186 e. The lowest BCUT2D eigenvalue weighted by atomic mass is 10.3. The standard InChI is InChI=1S/C6H12O2S.C4H10OS/c1-4(7)5(2)9-6(3)8;1-3(5)4(2)6/h4-5,7H,1-3H3;3-6H,1-2H3. The molecule has 0 spiro atoms. The van der Waals surface area contributed by atoms with Gasteiger partial charge >= 0.3 is 0 Å². The molecule has 0 aromatic carbocycles. The molecule has 0 aromatic heterocycles. The van der Waals surface area contributed by atoms with Crippen LogP contribution < -0.4 is 0 Å². The van der Waals surface area contributed by atoms with E-state index >= 15 is 0 Å². The minimum absolute atomic E-state index is 0.0162. The highest BCUT2D eigenvalue weighted by molar-refractivity contribution is 8.14. The zero-order chi connectivity index (χ0) is 12.6. The van der Waals surface area contributed by atoms with Gasteiger partial charge in [0.15, 0.2) is 5.12 Å². The number of carbonyl (C=O) groups excluding carboxylic acids is 1. The Morgan fingerprint density at radius 2 is 1.47 bits per heavy atom. The molecule has 4 unspecified atom stereocenters. The smallest absolute Gasteiger partial charge is 0.186 e. The molecule has 0 saturated carbocycles. The first-order valence-electron chi connectivity index (χ1n) is 4.89. The Morgan fingerprint density at radius 1 is 1.13 bits per heavy atom. The summed E-state index contributed by atoms with van der Waals surface area (Å²) in [5, 5.41) is 17.6. The van der Waals surface area contributed by atoms with Gasteiger partial charge in [0.25, 0.3) is 0 Å². The van der Waals surface area contributed by atoms with Gasteiger partial charge in [-0.3, -0.25) is 4.79 Å². The molecule has 0 radical (unpaired) electrons. The summed E-state index contributed by atoms with van der Waals surface area (Å²) >= 11 is 5.12. The number of hydrogen-bond acceptors (Lipinski definition) is 5. The van der Waals surface area contributed by atoms with E-state index in [1.807, 2.05) is 13.8 Å². The third-order valence-corrected chi connectivity index (χ3v) is 3.26. The van der Waals surface area contributed by atoms with Crippen molar-refractivity contribution in [2.75, 3.05) is 0 Å². The van der Waals surface area contributed by atoms with Crippen molar-refractivity contribution in [3.8, 4) is 0 Å². The molecule has 0 bridgehead atoms. The van der Waals surface area contributed by atoms with Gasteiger partial charge in [0, 0.05) is 17.4 Å². The Hall–Kier alpha value is 0.290. The van der Waals surface area contributed by atoms with Gasteiger partial charge in [-0.1, -0.05) is 25.6 Å². The molecular weight excluding hydrogens is 232 g/mol. The van der Waals surface area contributed by atoms with E-state index in [1.165, 1.54) is 18.7 Å². The molecular formula is C10H22O3S2. The largest absolute Gasteiger partial charge is 0.392 e. The maximum atomic E-state index is 10.4. The second kappa shape index (κ2) is 9.51. The highest BCUT2D eigenvalue weighted by Gasteiger charge is 2.10. The van der Waals surface area contributed by atoms with Crippen molar-refractivity contribution in [3.63, 3.8) is 0 Å². The van der Waals surface area contributed by atoms with E-state index in [9.17, 15) is 4.79 Å². The molecule has 0 amide bonds. The summed E-state index contributed by atoms with van der Waals surface area (Å²) in [5.41, 5.74) is 0. The SMILES string of the molecule is CC(=O)SC(C)C(C)O.CC(O)C(C)S. The van der Waals surface area contributed by atoms with Gasteiger partial charge in [-0.15, -0.1) is 0 Å². The fourth-order valence-corrected chi connectivity index (χ4v) is 1.08. The number of rotatable bonds is 3. The Kier molecular flexibility index (Phi) is 11.2. The Balaban J connectivity index is 0. The van der Waals surface area contributed by atoms with Crippen LogP contribution in [0.5, 0.6) is 0 Å². The van der Waals surface area contributed by atoms with Crippen molar-refractivity contribution in [2.24, 2.45) is 0 Å². The molecule has 3 nitrogen and oxygen atoms in total. The monoisotopic (exact) mass is 254 g/mol. The number of aliphatic hydroxyl groups is 2. The molecule has 0 saturated heterocycles. The van der Waals surface area contributed by atoms with Crippen molar-refractivity contribution >= 4 is 29.5 Å². The quantitative estimate of drug-likeness (QED) is 0.671. The molecule has 0 fully saturated rings. The van der Waals surface area contributed by atoms with Crippen LogP contribution in [0.15, 0.2) is 0 Å². The molecule has 15 heavy (non-hydrogen) atoms. The van der Waals surface area contributed by atoms with E-state index in [0.717, 1.165) is 0 Å². The van der Waals surface area contributed by atoms with Gasteiger partial charge in [-0.05, 0) is 13.8 Å². The maximum absolute atomic E-state index is 10.4. The van der Waals surface area contributed by atoms with Crippen LogP contribution in [-0.4, -0.2) is 38.0 Å². The van der Waals surface area contributed by atoms with Gasteiger partial charge in [-0.2, -0.15) is 12.6 Å². The lowest BCUT2D eigenvalue weighted by Gasteiger charge is -2.10. The van der Waals surface area contributed by atoms with Crippen molar-refractivity contribution in [2.45, 2.75) is 57.3 Å². The topological polar surface area (TPSA) is 57.5 Å². The van der Waals surface area contributed by atoms with Gasteiger partial charge < -0.3 is 10.2 Å². The predicted octanol–water partition coefficient (Wildman–Crippen LogP) is 1.72. The summed E-state index contributed by atoms with van der Waals surface area (Å²) in [5.74, 6) is 0. The summed E-state index contributed by atoms with van der Waals surface area (Å²) < 4.78 is 0. The highest BCUT2D eigenvalue weighted by atomic mass is 32.2. The molecule has 0 aliphatic heterocycles. The molecule has 5 heteroatoms. The molecule has 92 valence electrons. The third-order valence-electron chi connectivity index (χ3n) is 1.73. The van der Waals surface area contributed by atoms with Crippen LogP contribution in [-0.2, 0) is 4.79 Å². The molecule has 4 atom stereocenters. The summed E-state index contributed by atoms with van der Waals surface area (Å²) in [6.45, 7) is 8.59. The van der Waals surface area contributed by atoms with Crippen LogP contribution in [0.3, 0.4) is 0 Å². The summed E-state index contributed by atoms with van der Waals surface area (Å²) in [6, 6.07) is 0. The van der Waals surface area contributed by atoms with Crippen LogP contribution in [0.4, 0.5) is 0 Å². The second-order valence-corrected chi connectivity index (χ2v) is 5.91. The van der Waals surface area contributed by atoms with E-state index < -0.39 is 6.10 Å². The van der Waals surface area contributed by atoms with E-state index in [0.29, 0.717) is 0 Å². The normalized spacial score (nSPS) is 18.1. The summed E-state index contributed by atoms with van der Waals surface area (Å²) in [7, 11) is 0. The van der Waals surface area contributed by atoms with E-state index in [1.54, 1.807) is 13.8 Å². The predicted molar refractivity (Wildman–Crippen MR) is 69.5 cm³/mol. The average molecular weight is 254 g/mol. The summed E-state index contributed by atoms with van der Waals surface area (Å²) in [4.78, 5) is 10.4. The zero-order valence-corrected chi connectivity index (χ0v) is 11.7. The van der Waals surface area contributed by atoms with Gasteiger partial charge in [0.05, 0.1) is 12.2 Å². The molecule has 0 heterocycles. The van der Waals surface area contributed by atoms with Crippen LogP contribution in [0.2, 0.25) is 0 Å². The highest BCUT2D eigenvalue weighted by Crippen LogP contribution is 2.13. The van der Waals surface area contributed by atoms with Crippen LogP contribution in [0.1, 0.15) is 34.6 Å². The first-order chi connectivity index (χ1) is 6.68. The number of carbonyl (C=O) groups is 1. The first kappa shape index (κ1) is 17.7. The van der Waals surface area contributed by atoms with Gasteiger partial charge in [-0.25, -0.2) is 0 Å². The van der Waals surface area contributed by atoms with Crippen molar-refractivity contribution in [1.29, 1.82) is 0 Å². The van der Waals surface area contributed by atoms with E-state index in [-0.39, 0.29) is 21.7 Å². The van der Waals surface area contributed by atoms with Crippen molar-refractivity contribution < 1.29 is 15.0 Å². The lowest BCUT2D eigenvalue weighted by Crippen LogP contribution is -2.16.